The average molecular weight is 437 g/mol. The number of aromatic nitrogens is 2. The summed E-state index contributed by atoms with van der Waals surface area (Å²) in [5, 5.41) is 0.859. The number of benzene rings is 2. The van der Waals surface area contributed by atoms with Crippen LogP contribution in [0.5, 0.6) is 0 Å². The minimum absolute atomic E-state index is 0.0188. The number of Topliss-reactive ketones (excluding diaryl/α,β-unsaturated/α-hetero) is 1. The molecule has 1 fully saturated rings. The Morgan fingerprint density at radius 1 is 0.879 bits per heavy atom. The Kier molecular flexibility index (Phi) is 5.57. The molecule has 0 bridgehead atoms. The molecule has 0 N–H and O–H groups in total. The van der Waals surface area contributed by atoms with Crippen LogP contribution in [0.2, 0.25) is 0 Å². The van der Waals surface area contributed by atoms with Crippen LogP contribution in [-0.2, 0) is 0 Å². The monoisotopic (exact) mass is 436 g/mol. The number of rotatable bonds is 4. The molecular weight excluding hydrogens is 412 g/mol. The number of carbonyl (C=O) groups excluding carboxylic acids is 2. The summed E-state index contributed by atoms with van der Waals surface area (Å²) in [6.45, 7) is 4.31. The van der Waals surface area contributed by atoms with Crippen molar-refractivity contribution in [3.05, 3.63) is 90.3 Å². The lowest BCUT2D eigenvalue weighted by molar-refractivity contribution is 0.0748. The first-order valence-corrected chi connectivity index (χ1v) is 11.1. The van der Waals surface area contributed by atoms with E-state index in [0.717, 1.165) is 40.9 Å². The molecule has 3 heterocycles. The minimum atomic E-state index is 0.0188. The number of pyridine rings is 2. The van der Waals surface area contributed by atoms with E-state index in [1.165, 1.54) is 0 Å². The number of nitrogens with zero attached hydrogens (tertiary/aromatic N) is 4. The average Bonchev–Trinajstić information content (AvgIpc) is 2.88. The lowest BCUT2D eigenvalue weighted by atomic mass is 10.0. The van der Waals surface area contributed by atoms with Crippen LogP contribution < -0.4 is 4.90 Å². The summed E-state index contributed by atoms with van der Waals surface area (Å²) < 4.78 is 0. The van der Waals surface area contributed by atoms with Crippen molar-refractivity contribution in [2.45, 2.75) is 6.92 Å². The van der Waals surface area contributed by atoms with E-state index in [0.29, 0.717) is 24.2 Å². The predicted molar refractivity (Wildman–Crippen MR) is 130 cm³/mol. The Labute approximate surface area is 192 Å². The molecule has 164 valence electrons. The van der Waals surface area contributed by atoms with E-state index in [1.54, 1.807) is 19.3 Å². The van der Waals surface area contributed by atoms with E-state index in [2.05, 4.69) is 9.88 Å². The summed E-state index contributed by atoms with van der Waals surface area (Å²) >= 11 is 0. The molecule has 0 saturated carbocycles. The smallest absolute Gasteiger partial charge is 0.254 e. The van der Waals surface area contributed by atoms with Gasteiger partial charge in [-0.15, -0.1) is 0 Å². The van der Waals surface area contributed by atoms with Gasteiger partial charge >= 0.3 is 0 Å². The van der Waals surface area contributed by atoms with Gasteiger partial charge in [0.15, 0.2) is 5.78 Å². The molecule has 1 aliphatic rings. The van der Waals surface area contributed by atoms with E-state index in [9.17, 15) is 9.59 Å². The third kappa shape index (κ3) is 4.20. The molecule has 33 heavy (non-hydrogen) atoms. The summed E-state index contributed by atoms with van der Waals surface area (Å²) in [6.07, 6.45) is 3.49. The first-order chi connectivity index (χ1) is 16.1. The second kappa shape index (κ2) is 8.82. The Bertz CT molecular complexity index is 1310. The number of para-hydroxylation sites is 1. The molecule has 5 rings (SSSR count). The Morgan fingerprint density at radius 2 is 1.64 bits per heavy atom. The van der Waals surface area contributed by atoms with Gasteiger partial charge in [-0.25, -0.2) is 4.98 Å². The maximum absolute atomic E-state index is 13.6. The molecule has 2 aromatic heterocycles. The molecule has 0 radical (unpaired) electrons. The molecule has 0 spiro atoms. The minimum Gasteiger partial charge on any atom is -0.368 e. The van der Waals surface area contributed by atoms with Gasteiger partial charge in [0.2, 0.25) is 0 Å². The number of anilines is 1. The maximum atomic E-state index is 13.6. The SMILES string of the molecule is CC(=O)c1ccc(N2CCN(C(=O)c3cc(-c4cccnc4)nc4ccccc34)CC2)cc1. The fourth-order valence-corrected chi connectivity index (χ4v) is 4.26. The van der Waals surface area contributed by atoms with Crippen molar-refractivity contribution in [2.75, 3.05) is 31.1 Å². The quantitative estimate of drug-likeness (QED) is 0.442. The molecule has 6 heteroatoms. The van der Waals surface area contributed by atoms with Crippen LogP contribution in [0.3, 0.4) is 0 Å². The number of amides is 1. The topological polar surface area (TPSA) is 66.4 Å². The Balaban J connectivity index is 1.39. The van der Waals surface area contributed by atoms with Crippen LogP contribution in [0.1, 0.15) is 27.6 Å². The number of hydrogen-bond acceptors (Lipinski definition) is 5. The van der Waals surface area contributed by atoms with Gasteiger partial charge in [0.05, 0.1) is 16.8 Å². The Morgan fingerprint density at radius 3 is 2.33 bits per heavy atom. The second-order valence-corrected chi connectivity index (χ2v) is 8.20. The van der Waals surface area contributed by atoms with Gasteiger partial charge in [0, 0.05) is 60.8 Å². The molecule has 6 nitrogen and oxygen atoms in total. The fourth-order valence-electron chi connectivity index (χ4n) is 4.26. The van der Waals surface area contributed by atoms with E-state index in [4.69, 9.17) is 4.98 Å². The molecule has 1 amide bonds. The maximum Gasteiger partial charge on any atom is 0.254 e. The third-order valence-corrected chi connectivity index (χ3v) is 6.11. The van der Waals surface area contributed by atoms with Gasteiger partial charge < -0.3 is 9.80 Å². The van der Waals surface area contributed by atoms with Crippen molar-refractivity contribution in [1.29, 1.82) is 0 Å². The lowest BCUT2D eigenvalue weighted by Crippen LogP contribution is -2.48. The van der Waals surface area contributed by atoms with Crippen molar-refractivity contribution >= 4 is 28.3 Å². The molecule has 1 aliphatic heterocycles. The molecule has 2 aromatic carbocycles. The summed E-state index contributed by atoms with van der Waals surface area (Å²) in [5.41, 5.74) is 4.87. The first-order valence-electron chi connectivity index (χ1n) is 11.1. The summed E-state index contributed by atoms with van der Waals surface area (Å²) in [4.78, 5) is 38.2. The van der Waals surface area contributed by atoms with Gasteiger partial charge in [-0.05, 0) is 55.5 Å². The number of carbonyl (C=O) groups is 2. The molecule has 0 atom stereocenters. The summed E-state index contributed by atoms with van der Waals surface area (Å²) in [7, 11) is 0. The second-order valence-electron chi connectivity index (χ2n) is 8.20. The highest BCUT2D eigenvalue weighted by Crippen LogP contribution is 2.26. The van der Waals surface area contributed by atoms with E-state index in [-0.39, 0.29) is 11.7 Å². The number of piperazine rings is 1. The molecule has 1 saturated heterocycles. The van der Waals surface area contributed by atoms with Crippen LogP contribution in [0, 0.1) is 0 Å². The van der Waals surface area contributed by atoms with Crippen molar-refractivity contribution in [1.82, 2.24) is 14.9 Å². The fraction of sp³-hybridized carbons (Fsp3) is 0.185. The van der Waals surface area contributed by atoms with E-state index >= 15 is 0 Å². The lowest BCUT2D eigenvalue weighted by Gasteiger charge is -2.36. The highest BCUT2D eigenvalue weighted by atomic mass is 16.2. The van der Waals surface area contributed by atoms with Crippen LogP contribution in [0.4, 0.5) is 5.69 Å². The molecule has 4 aromatic rings. The van der Waals surface area contributed by atoms with Gasteiger partial charge in [0.25, 0.3) is 5.91 Å². The number of fused-ring (bicyclic) bond motifs is 1. The normalized spacial score (nSPS) is 13.8. The highest BCUT2D eigenvalue weighted by Gasteiger charge is 2.24. The summed E-state index contributed by atoms with van der Waals surface area (Å²) in [5.74, 6) is 0.0810. The van der Waals surface area contributed by atoms with Crippen molar-refractivity contribution in [3.8, 4) is 11.3 Å². The van der Waals surface area contributed by atoms with Crippen LogP contribution in [0.25, 0.3) is 22.2 Å². The number of ketones is 1. The zero-order chi connectivity index (χ0) is 22.8. The van der Waals surface area contributed by atoms with Crippen LogP contribution in [0.15, 0.2) is 79.1 Å². The first kappa shape index (κ1) is 20.8. The summed E-state index contributed by atoms with van der Waals surface area (Å²) in [6, 6.07) is 21.1. The van der Waals surface area contributed by atoms with Crippen LogP contribution >= 0.6 is 0 Å². The Hall–Kier alpha value is -4.06. The standard InChI is InChI=1S/C27H24N4O2/c1-19(32)20-8-10-22(11-9-20)30-13-15-31(16-14-30)27(33)24-17-26(21-5-4-12-28-18-21)29-25-7-3-2-6-23(24)25/h2-12,17-18H,13-16H2,1H3. The molecule has 0 aliphatic carbocycles. The van der Waals surface area contributed by atoms with Crippen molar-refractivity contribution in [3.63, 3.8) is 0 Å². The predicted octanol–water partition coefficient (Wildman–Crippen LogP) is 4.46. The van der Waals surface area contributed by atoms with Gasteiger partial charge in [0.1, 0.15) is 0 Å². The number of hydrogen-bond donors (Lipinski definition) is 0. The third-order valence-electron chi connectivity index (χ3n) is 6.11. The van der Waals surface area contributed by atoms with E-state index in [1.807, 2.05) is 71.6 Å². The van der Waals surface area contributed by atoms with Gasteiger partial charge in [-0.1, -0.05) is 18.2 Å². The molecular formula is C27H24N4O2. The largest absolute Gasteiger partial charge is 0.368 e. The zero-order valence-corrected chi connectivity index (χ0v) is 18.4. The molecule has 0 unspecified atom stereocenters. The van der Waals surface area contributed by atoms with Crippen molar-refractivity contribution < 1.29 is 9.59 Å². The van der Waals surface area contributed by atoms with Gasteiger partial charge in [-0.3, -0.25) is 14.6 Å². The van der Waals surface area contributed by atoms with E-state index < -0.39 is 0 Å². The van der Waals surface area contributed by atoms with Gasteiger partial charge in [-0.2, -0.15) is 0 Å². The van der Waals surface area contributed by atoms with Crippen LogP contribution in [-0.4, -0.2) is 52.7 Å². The highest BCUT2D eigenvalue weighted by molar-refractivity contribution is 6.07. The zero-order valence-electron chi connectivity index (χ0n) is 18.4. The van der Waals surface area contributed by atoms with Crippen molar-refractivity contribution in [2.24, 2.45) is 0 Å².